The van der Waals surface area contributed by atoms with E-state index >= 15 is 0 Å². The minimum Gasteiger partial charge on any atom is -0.396 e. The highest BCUT2D eigenvalue weighted by Crippen LogP contribution is 2.24. The molecule has 2 aromatic rings. The summed E-state index contributed by atoms with van der Waals surface area (Å²) in [5, 5.41) is 9.29. The Morgan fingerprint density at radius 1 is 1.23 bits per heavy atom. The Hall–Kier alpha value is -2.20. The number of halogens is 1. The van der Waals surface area contributed by atoms with E-state index in [2.05, 4.69) is 0 Å². The maximum absolute atomic E-state index is 13.5. The maximum Gasteiger partial charge on any atom is 0.254 e. The second-order valence-electron chi connectivity index (χ2n) is 5.37. The molecule has 0 bridgehead atoms. The highest BCUT2D eigenvalue weighted by Gasteiger charge is 2.22. The number of aliphatic hydroxyl groups excluding tert-OH is 1. The number of carbonyl (C=O) groups is 1. The van der Waals surface area contributed by atoms with Crippen molar-refractivity contribution in [1.82, 2.24) is 4.90 Å². The van der Waals surface area contributed by atoms with Crippen molar-refractivity contribution in [2.24, 2.45) is 0 Å². The highest BCUT2D eigenvalue weighted by molar-refractivity contribution is 5.94. The molecule has 0 saturated heterocycles. The minimum atomic E-state index is -0.421. The van der Waals surface area contributed by atoms with E-state index in [4.69, 9.17) is 0 Å². The first-order valence-corrected chi connectivity index (χ1v) is 7.23. The second kappa shape index (κ2) is 7.18. The van der Waals surface area contributed by atoms with Crippen LogP contribution < -0.4 is 0 Å². The summed E-state index contributed by atoms with van der Waals surface area (Å²) in [6, 6.07) is 13.6. The fourth-order valence-corrected chi connectivity index (χ4v) is 2.59. The molecule has 0 spiro atoms. The van der Waals surface area contributed by atoms with Crippen molar-refractivity contribution in [1.29, 1.82) is 0 Å². The predicted octanol–water partition coefficient (Wildman–Crippen LogP) is 3.33. The van der Waals surface area contributed by atoms with Gasteiger partial charge in [-0.15, -0.1) is 0 Å². The van der Waals surface area contributed by atoms with Gasteiger partial charge in [0, 0.05) is 19.2 Å². The van der Waals surface area contributed by atoms with E-state index < -0.39 is 5.82 Å². The molecule has 1 N–H and O–H groups in total. The molecule has 0 heterocycles. The molecule has 0 aliphatic heterocycles. The Morgan fingerprint density at radius 3 is 2.50 bits per heavy atom. The van der Waals surface area contributed by atoms with E-state index in [0.29, 0.717) is 17.5 Å². The number of rotatable bonds is 5. The van der Waals surface area contributed by atoms with Crippen LogP contribution in [0.2, 0.25) is 0 Å². The van der Waals surface area contributed by atoms with Crippen molar-refractivity contribution < 1.29 is 14.3 Å². The van der Waals surface area contributed by atoms with Crippen molar-refractivity contribution >= 4 is 5.91 Å². The zero-order valence-corrected chi connectivity index (χ0v) is 12.8. The van der Waals surface area contributed by atoms with Crippen LogP contribution in [0.3, 0.4) is 0 Å². The Balaban J connectivity index is 2.30. The van der Waals surface area contributed by atoms with Crippen molar-refractivity contribution in [3.8, 4) is 0 Å². The van der Waals surface area contributed by atoms with Crippen LogP contribution in [0.4, 0.5) is 4.39 Å². The summed E-state index contributed by atoms with van der Waals surface area (Å²) in [4.78, 5) is 14.2. The molecule has 2 aromatic carbocycles. The average molecular weight is 301 g/mol. The van der Waals surface area contributed by atoms with Crippen LogP contribution >= 0.6 is 0 Å². The Morgan fingerprint density at radius 2 is 1.91 bits per heavy atom. The molecule has 116 valence electrons. The number of aliphatic hydroxyl groups is 1. The van der Waals surface area contributed by atoms with Gasteiger partial charge in [0.15, 0.2) is 0 Å². The lowest BCUT2D eigenvalue weighted by Gasteiger charge is -2.28. The van der Waals surface area contributed by atoms with Gasteiger partial charge in [-0.2, -0.15) is 0 Å². The third-order valence-corrected chi connectivity index (χ3v) is 3.66. The van der Waals surface area contributed by atoms with Crippen molar-refractivity contribution in [3.05, 3.63) is 71.0 Å². The molecule has 1 amide bonds. The third-order valence-electron chi connectivity index (χ3n) is 3.66. The monoisotopic (exact) mass is 301 g/mol. The fourth-order valence-electron chi connectivity index (χ4n) is 2.59. The summed E-state index contributed by atoms with van der Waals surface area (Å²) in [5.41, 5.74) is 1.97. The van der Waals surface area contributed by atoms with Crippen LogP contribution in [-0.2, 0) is 0 Å². The predicted molar refractivity (Wildman–Crippen MR) is 84.1 cm³/mol. The Labute approximate surface area is 130 Å². The van der Waals surface area contributed by atoms with E-state index in [-0.39, 0.29) is 18.6 Å². The van der Waals surface area contributed by atoms with Gasteiger partial charge in [-0.05, 0) is 42.7 Å². The second-order valence-corrected chi connectivity index (χ2v) is 5.37. The van der Waals surface area contributed by atoms with Gasteiger partial charge in [-0.3, -0.25) is 4.79 Å². The zero-order valence-electron chi connectivity index (χ0n) is 12.8. The lowest BCUT2D eigenvalue weighted by atomic mass is 10.0. The summed E-state index contributed by atoms with van der Waals surface area (Å²) >= 11 is 0. The molecular weight excluding hydrogens is 281 g/mol. The molecule has 1 atom stereocenters. The molecule has 0 saturated carbocycles. The molecule has 22 heavy (non-hydrogen) atoms. The van der Waals surface area contributed by atoms with Gasteiger partial charge in [-0.25, -0.2) is 4.39 Å². The van der Waals surface area contributed by atoms with Gasteiger partial charge in [0.25, 0.3) is 5.91 Å². The number of carbonyl (C=O) groups excluding carboxylic acids is 1. The molecule has 0 fully saturated rings. The lowest BCUT2D eigenvalue weighted by Crippen LogP contribution is -2.32. The van der Waals surface area contributed by atoms with Gasteiger partial charge in [0.2, 0.25) is 0 Å². The summed E-state index contributed by atoms with van der Waals surface area (Å²) < 4.78 is 13.5. The molecule has 2 rings (SSSR count). The van der Waals surface area contributed by atoms with E-state index in [1.807, 2.05) is 30.3 Å². The van der Waals surface area contributed by atoms with Crippen LogP contribution in [0.5, 0.6) is 0 Å². The third kappa shape index (κ3) is 3.71. The minimum absolute atomic E-state index is 0.0284. The van der Waals surface area contributed by atoms with Gasteiger partial charge in [0.1, 0.15) is 5.82 Å². The van der Waals surface area contributed by atoms with Crippen LogP contribution in [0.15, 0.2) is 48.5 Å². The molecule has 3 nitrogen and oxygen atoms in total. The number of aryl methyl sites for hydroxylation is 1. The Kier molecular flexibility index (Phi) is 5.28. The van der Waals surface area contributed by atoms with Crippen LogP contribution in [-0.4, -0.2) is 29.6 Å². The quantitative estimate of drug-likeness (QED) is 0.920. The van der Waals surface area contributed by atoms with Crippen LogP contribution in [0.1, 0.15) is 33.9 Å². The molecule has 1 unspecified atom stereocenters. The fraction of sp³-hybridized carbons (Fsp3) is 0.278. The molecule has 0 aliphatic rings. The van der Waals surface area contributed by atoms with Gasteiger partial charge >= 0.3 is 0 Å². The largest absolute Gasteiger partial charge is 0.396 e. The van der Waals surface area contributed by atoms with E-state index in [9.17, 15) is 14.3 Å². The van der Waals surface area contributed by atoms with Crippen LogP contribution in [0.25, 0.3) is 0 Å². The standard InChI is InChI=1S/C18H20FNO2/c1-13-10-15(12-16(19)11-13)18(22)20(2)17(8-9-21)14-6-4-3-5-7-14/h3-7,10-12,17,21H,8-9H2,1-2H3. The zero-order chi connectivity index (χ0) is 16.1. The van der Waals surface area contributed by atoms with E-state index in [0.717, 1.165) is 5.56 Å². The van der Waals surface area contributed by atoms with Crippen molar-refractivity contribution in [2.75, 3.05) is 13.7 Å². The van der Waals surface area contributed by atoms with E-state index in [1.165, 1.54) is 12.1 Å². The summed E-state index contributed by atoms with van der Waals surface area (Å²) in [6.07, 6.45) is 0.431. The number of nitrogens with zero attached hydrogens (tertiary/aromatic N) is 1. The first kappa shape index (κ1) is 16.2. The maximum atomic E-state index is 13.5. The smallest absolute Gasteiger partial charge is 0.254 e. The summed E-state index contributed by atoms with van der Waals surface area (Å²) in [6.45, 7) is 1.72. The number of benzene rings is 2. The topological polar surface area (TPSA) is 40.5 Å². The summed E-state index contributed by atoms with van der Waals surface area (Å²) in [7, 11) is 1.68. The van der Waals surface area contributed by atoms with Gasteiger partial charge < -0.3 is 10.0 Å². The molecule has 4 heteroatoms. The van der Waals surface area contributed by atoms with Gasteiger partial charge in [0.05, 0.1) is 6.04 Å². The lowest BCUT2D eigenvalue weighted by molar-refractivity contribution is 0.0704. The molecule has 0 radical (unpaired) electrons. The highest BCUT2D eigenvalue weighted by atomic mass is 19.1. The van der Waals surface area contributed by atoms with Crippen molar-refractivity contribution in [3.63, 3.8) is 0 Å². The van der Waals surface area contributed by atoms with Crippen molar-refractivity contribution in [2.45, 2.75) is 19.4 Å². The Bertz CT molecular complexity index is 623. The summed E-state index contributed by atoms with van der Waals surface area (Å²) in [5.74, 6) is -0.680. The molecular formula is C18H20FNO2. The molecule has 0 aliphatic carbocycles. The van der Waals surface area contributed by atoms with E-state index in [1.54, 1.807) is 24.9 Å². The number of hydrogen-bond acceptors (Lipinski definition) is 2. The SMILES string of the molecule is Cc1cc(F)cc(C(=O)N(C)C(CCO)c2ccccc2)c1. The van der Waals surface area contributed by atoms with Gasteiger partial charge in [-0.1, -0.05) is 30.3 Å². The average Bonchev–Trinajstić information content (AvgIpc) is 2.51. The first-order chi connectivity index (χ1) is 10.5. The normalized spacial score (nSPS) is 12.0. The molecule has 0 aromatic heterocycles. The first-order valence-electron chi connectivity index (χ1n) is 7.23. The number of amides is 1. The van der Waals surface area contributed by atoms with Crippen LogP contribution in [0, 0.1) is 12.7 Å². The number of hydrogen-bond donors (Lipinski definition) is 1.